The Labute approximate surface area is 202 Å². The number of anilines is 1. The molecule has 0 radical (unpaired) electrons. The van der Waals surface area contributed by atoms with Crippen molar-refractivity contribution in [2.75, 3.05) is 10.8 Å². The van der Waals surface area contributed by atoms with Crippen molar-refractivity contribution in [2.24, 2.45) is 12.0 Å². The summed E-state index contributed by atoms with van der Waals surface area (Å²) in [4.78, 5) is 18.0. The van der Waals surface area contributed by atoms with E-state index in [9.17, 15) is 13.2 Å². The summed E-state index contributed by atoms with van der Waals surface area (Å²) in [5, 5.41) is 0. The number of carbonyl (C=O) groups is 1. The number of para-hydroxylation sites is 1. The van der Waals surface area contributed by atoms with E-state index in [2.05, 4.69) is 17.1 Å². The average molecular weight is 492 g/mol. The zero-order valence-corrected chi connectivity index (χ0v) is 20.9. The van der Waals surface area contributed by atoms with Gasteiger partial charge in [0, 0.05) is 19.2 Å². The van der Waals surface area contributed by atoms with E-state index in [0.717, 1.165) is 45.4 Å². The molecule has 174 valence electrons. The molecule has 0 saturated heterocycles. The van der Waals surface area contributed by atoms with Gasteiger partial charge in [0.1, 0.15) is 0 Å². The first-order valence-corrected chi connectivity index (χ1v) is 13.4. The van der Waals surface area contributed by atoms with E-state index in [1.165, 1.54) is 39.9 Å². The van der Waals surface area contributed by atoms with E-state index in [1.807, 2.05) is 49.7 Å². The number of amides is 1. The standard InChI is InChI=1S/C26H25N3O3S2/c1-17-15-18(2)24-23(16-17)33-26(28(24)3)27-25(30)20-10-12-21(13-11-20)34(31,32)29-14-6-8-19-7-4-5-9-22(19)29/h4-5,7,9-13,15-16H,6,8,14H2,1-3H3. The molecule has 4 aromatic rings. The number of fused-ring (bicyclic) bond motifs is 2. The van der Waals surface area contributed by atoms with Gasteiger partial charge in [0.25, 0.3) is 15.9 Å². The molecule has 0 spiro atoms. The van der Waals surface area contributed by atoms with Crippen LogP contribution in [0, 0.1) is 13.8 Å². The predicted molar refractivity (Wildman–Crippen MR) is 136 cm³/mol. The number of hydrogen-bond donors (Lipinski definition) is 0. The Hall–Kier alpha value is -3.23. The van der Waals surface area contributed by atoms with Crippen molar-refractivity contribution in [2.45, 2.75) is 31.6 Å². The number of benzene rings is 3. The summed E-state index contributed by atoms with van der Waals surface area (Å²) in [5.41, 5.74) is 5.47. The Balaban J connectivity index is 1.46. The Kier molecular flexibility index (Phi) is 5.65. The number of nitrogens with zero attached hydrogens (tertiary/aromatic N) is 3. The maximum absolute atomic E-state index is 13.3. The Morgan fingerprint density at radius 2 is 1.76 bits per heavy atom. The third-order valence-corrected chi connectivity index (χ3v) is 9.09. The minimum Gasteiger partial charge on any atom is -0.319 e. The first kappa shape index (κ1) is 22.6. The van der Waals surface area contributed by atoms with Gasteiger partial charge in [0.2, 0.25) is 0 Å². The highest BCUT2D eigenvalue weighted by molar-refractivity contribution is 7.92. The average Bonchev–Trinajstić information content (AvgIpc) is 3.13. The highest BCUT2D eigenvalue weighted by atomic mass is 32.2. The van der Waals surface area contributed by atoms with Gasteiger partial charge in [0.05, 0.1) is 20.8 Å². The van der Waals surface area contributed by atoms with Crippen molar-refractivity contribution in [3.05, 3.63) is 87.7 Å². The van der Waals surface area contributed by atoms with Crippen molar-refractivity contribution in [3.8, 4) is 0 Å². The second-order valence-electron chi connectivity index (χ2n) is 8.62. The summed E-state index contributed by atoms with van der Waals surface area (Å²) in [6.07, 6.45) is 1.64. The van der Waals surface area contributed by atoms with Crippen molar-refractivity contribution in [1.29, 1.82) is 0 Å². The monoisotopic (exact) mass is 491 g/mol. The first-order valence-electron chi connectivity index (χ1n) is 11.1. The van der Waals surface area contributed by atoms with Crippen LogP contribution in [-0.4, -0.2) is 25.4 Å². The zero-order valence-electron chi connectivity index (χ0n) is 19.3. The Morgan fingerprint density at radius 1 is 1.03 bits per heavy atom. The maximum Gasteiger partial charge on any atom is 0.279 e. The smallest absolute Gasteiger partial charge is 0.279 e. The molecular formula is C26H25N3O3S2. The molecule has 2 heterocycles. The molecule has 6 nitrogen and oxygen atoms in total. The zero-order chi connectivity index (χ0) is 24.0. The lowest BCUT2D eigenvalue weighted by Gasteiger charge is -2.30. The molecular weight excluding hydrogens is 466 g/mol. The highest BCUT2D eigenvalue weighted by Crippen LogP contribution is 2.32. The summed E-state index contributed by atoms with van der Waals surface area (Å²) in [6.45, 7) is 4.54. The van der Waals surface area contributed by atoms with Crippen LogP contribution in [0.4, 0.5) is 5.69 Å². The van der Waals surface area contributed by atoms with E-state index >= 15 is 0 Å². The molecule has 0 N–H and O–H groups in total. The van der Waals surface area contributed by atoms with Gasteiger partial charge in [-0.25, -0.2) is 8.42 Å². The van der Waals surface area contributed by atoms with Crippen LogP contribution in [0.3, 0.4) is 0 Å². The van der Waals surface area contributed by atoms with Gasteiger partial charge in [-0.2, -0.15) is 4.99 Å². The van der Waals surface area contributed by atoms with Crippen LogP contribution in [0.25, 0.3) is 10.2 Å². The second kappa shape index (κ2) is 8.52. The van der Waals surface area contributed by atoms with Gasteiger partial charge in [-0.05, 0) is 79.8 Å². The Morgan fingerprint density at radius 3 is 2.53 bits per heavy atom. The summed E-state index contributed by atoms with van der Waals surface area (Å²) in [7, 11) is -1.82. The SMILES string of the molecule is Cc1cc(C)c2c(c1)sc(=NC(=O)c1ccc(S(=O)(=O)N3CCCc4ccccc43)cc1)n2C. The van der Waals surface area contributed by atoms with Crippen LogP contribution in [0.15, 0.2) is 70.6 Å². The van der Waals surface area contributed by atoms with Crippen LogP contribution in [0.5, 0.6) is 0 Å². The minimum atomic E-state index is -3.72. The molecule has 1 aliphatic rings. The van der Waals surface area contributed by atoms with Gasteiger partial charge in [-0.15, -0.1) is 0 Å². The van der Waals surface area contributed by atoms with E-state index in [4.69, 9.17) is 0 Å². The van der Waals surface area contributed by atoms with Crippen molar-refractivity contribution >= 4 is 43.2 Å². The summed E-state index contributed by atoms with van der Waals surface area (Å²) in [5.74, 6) is -0.399. The second-order valence-corrected chi connectivity index (χ2v) is 11.5. The molecule has 0 unspecified atom stereocenters. The fourth-order valence-corrected chi connectivity index (χ4v) is 7.32. The highest BCUT2D eigenvalue weighted by Gasteiger charge is 2.29. The van der Waals surface area contributed by atoms with Crippen LogP contribution >= 0.6 is 11.3 Å². The van der Waals surface area contributed by atoms with Crippen molar-refractivity contribution in [1.82, 2.24) is 4.57 Å². The van der Waals surface area contributed by atoms with Crippen molar-refractivity contribution in [3.63, 3.8) is 0 Å². The number of rotatable bonds is 3. The fourth-order valence-electron chi connectivity index (χ4n) is 4.59. The number of hydrogen-bond acceptors (Lipinski definition) is 4. The van der Waals surface area contributed by atoms with Crippen LogP contribution in [0.2, 0.25) is 0 Å². The topological polar surface area (TPSA) is 71.7 Å². The molecule has 3 aromatic carbocycles. The quantitative estimate of drug-likeness (QED) is 0.416. The van der Waals surface area contributed by atoms with Gasteiger partial charge in [-0.3, -0.25) is 9.10 Å². The third-order valence-electron chi connectivity index (χ3n) is 6.19. The molecule has 0 bridgehead atoms. The van der Waals surface area contributed by atoms with Crippen LogP contribution in [-0.2, 0) is 23.5 Å². The molecule has 0 aliphatic carbocycles. The normalized spacial score (nSPS) is 14.4. The number of carbonyl (C=O) groups excluding carboxylic acids is 1. The lowest BCUT2D eigenvalue weighted by Crippen LogP contribution is -2.35. The van der Waals surface area contributed by atoms with Crippen molar-refractivity contribution < 1.29 is 13.2 Å². The van der Waals surface area contributed by atoms with Gasteiger partial charge < -0.3 is 4.57 Å². The van der Waals surface area contributed by atoms with Gasteiger partial charge >= 0.3 is 0 Å². The summed E-state index contributed by atoms with van der Waals surface area (Å²) >= 11 is 1.47. The molecule has 1 amide bonds. The van der Waals surface area contributed by atoms with E-state index in [1.54, 1.807) is 0 Å². The largest absolute Gasteiger partial charge is 0.319 e. The molecule has 34 heavy (non-hydrogen) atoms. The lowest BCUT2D eigenvalue weighted by molar-refractivity contribution is 0.0998. The molecule has 0 fully saturated rings. The lowest BCUT2D eigenvalue weighted by atomic mass is 10.0. The first-order chi connectivity index (χ1) is 16.3. The fraction of sp³-hybridized carbons (Fsp3) is 0.231. The van der Waals surface area contributed by atoms with Crippen LogP contribution in [0.1, 0.15) is 33.5 Å². The molecule has 5 rings (SSSR count). The van der Waals surface area contributed by atoms with E-state index in [0.29, 0.717) is 16.9 Å². The minimum absolute atomic E-state index is 0.166. The molecule has 1 aliphatic heterocycles. The van der Waals surface area contributed by atoms with Crippen LogP contribution < -0.4 is 9.11 Å². The maximum atomic E-state index is 13.3. The van der Waals surface area contributed by atoms with Gasteiger partial charge in [-0.1, -0.05) is 35.6 Å². The number of aryl methyl sites for hydroxylation is 4. The third kappa shape index (κ3) is 3.86. The predicted octanol–water partition coefficient (Wildman–Crippen LogP) is 4.74. The number of thiazole rings is 1. The molecule has 8 heteroatoms. The molecule has 1 aromatic heterocycles. The van der Waals surface area contributed by atoms with E-state index in [-0.39, 0.29) is 4.90 Å². The molecule has 0 atom stereocenters. The summed E-state index contributed by atoms with van der Waals surface area (Å²) in [6, 6.07) is 17.9. The Bertz CT molecular complexity index is 1600. The van der Waals surface area contributed by atoms with Gasteiger partial charge in [0.15, 0.2) is 4.80 Å². The van der Waals surface area contributed by atoms with E-state index < -0.39 is 15.9 Å². The number of aromatic nitrogens is 1. The molecule has 0 saturated carbocycles. The number of sulfonamides is 1. The summed E-state index contributed by atoms with van der Waals surface area (Å²) < 4.78 is 31.2.